The van der Waals surface area contributed by atoms with Crippen molar-refractivity contribution in [1.82, 2.24) is 0 Å². The fourth-order valence-electron chi connectivity index (χ4n) is 1.99. The van der Waals surface area contributed by atoms with Gasteiger partial charge in [-0.15, -0.1) is 0 Å². The lowest BCUT2D eigenvalue weighted by atomic mass is 10.0. The highest BCUT2D eigenvalue weighted by atomic mass is 16.6. The van der Waals surface area contributed by atoms with E-state index < -0.39 is 10.9 Å². The van der Waals surface area contributed by atoms with E-state index in [4.69, 9.17) is 5.11 Å². The summed E-state index contributed by atoms with van der Waals surface area (Å²) < 4.78 is 0. The summed E-state index contributed by atoms with van der Waals surface area (Å²) in [7, 11) is 0. The van der Waals surface area contributed by atoms with Crippen molar-refractivity contribution in [2.75, 3.05) is 0 Å². The highest BCUT2D eigenvalue weighted by molar-refractivity contribution is 5.91. The first-order valence-electron chi connectivity index (χ1n) is 4.63. The molecule has 0 saturated heterocycles. The third-order valence-electron chi connectivity index (χ3n) is 2.64. The van der Waals surface area contributed by atoms with E-state index in [1.807, 2.05) is 0 Å². The van der Waals surface area contributed by atoms with E-state index in [9.17, 15) is 14.9 Å². The van der Waals surface area contributed by atoms with Crippen LogP contribution in [0.25, 0.3) is 0 Å². The number of rotatable bonds is 2. The molecule has 1 aromatic rings. The Hall–Kier alpha value is -1.91. The predicted molar refractivity (Wildman–Crippen MR) is 52.1 cm³/mol. The molecule has 1 aliphatic carbocycles. The molecule has 0 bridgehead atoms. The monoisotopic (exact) mass is 207 g/mol. The highest BCUT2D eigenvalue weighted by Crippen LogP contribution is 2.29. The summed E-state index contributed by atoms with van der Waals surface area (Å²) in [6.45, 7) is 0. The van der Waals surface area contributed by atoms with E-state index in [2.05, 4.69) is 0 Å². The van der Waals surface area contributed by atoms with Gasteiger partial charge in [0.15, 0.2) is 0 Å². The molecule has 0 heterocycles. The molecule has 1 aliphatic rings. The maximum absolute atomic E-state index is 10.9. The molecule has 5 heteroatoms. The minimum atomic E-state index is -1.09. The van der Waals surface area contributed by atoms with Crippen LogP contribution in [-0.2, 0) is 12.8 Å². The summed E-state index contributed by atoms with van der Waals surface area (Å²) >= 11 is 0. The van der Waals surface area contributed by atoms with Crippen molar-refractivity contribution >= 4 is 11.7 Å². The van der Waals surface area contributed by atoms with Gasteiger partial charge < -0.3 is 5.11 Å². The molecular formula is C10H9NO4. The van der Waals surface area contributed by atoms with Crippen molar-refractivity contribution < 1.29 is 14.8 Å². The largest absolute Gasteiger partial charge is 0.478 e. The molecule has 0 unspecified atom stereocenters. The number of non-ortho nitro benzene ring substituents is 1. The lowest BCUT2D eigenvalue weighted by Crippen LogP contribution is -2.03. The molecule has 15 heavy (non-hydrogen) atoms. The van der Waals surface area contributed by atoms with E-state index in [0.29, 0.717) is 6.42 Å². The van der Waals surface area contributed by atoms with Gasteiger partial charge in [0.1, 0.15) is 0 Å². The third kappa shape index (κ3) is 1.56. The zero-order chi connectivity index (χ0) is 11.0. The minimum Gasteiger partial charge on any atom is -0.478 e. The molecule has 78 valence electrons. The Balaban J connectivity index is 2.62. The molecule has 0 radical (unpaired) electrons. The molecule has 2 rings (SSSR count). The number of hydrogen-bond acceptors (Lipinski definition) is 3. The molecule has 0 amide bonds. The molecule has 1 N–H and O–H groups in total. The van der Waals surface area contributed by atoms with Gasteiger partial charge >= 0.3 is 5.97 Å². The van der Waals surface area contributed by atoms with Crippen molar-refractivity contribution in [2.45, 2.75) is 19.3 Å². The zero-order valence-corrected chi connectivity index (χ0v) is 7.90. The first-order valence-corrected chi connectivity index (χ1v) is 4.63. The van der Waals surface area contributed by atoms with Crippen LogP contribution in [0, 0.1) is 10.1 Å². The molecule has 0 atom stereocenters. The Bertz CT molecular complexity index is 453. The second-order valence-corrected chi connectivity index (χ2v) is 3.55. The highest BCUT2D eigenvalue weighted by Gasteiger charge is 2.23. The van der Waals surface area contributed by atoms with Gasteiger partial charge in [-0.3, -0.25) is 10.1 Å². The van der Waals surface area contributed by atoms with Crippen LogP contribution in [0.3, 0.4) is 0 Å². The second-order valence-electron chi connectivity index (χ2n) is 3.55. The molecule has 0 aromatic heterocycles. The fourth-order valence-corrected chi connectivity index (χ4v) is 1.99. The fraction of sp³-hybridized carbons (Fsp3) is 0.300. The van der Waals surface area contributed by atoms with E-state index in [0.717, 1.165) is 30.0 Å². The molecule has 0 aliphatic heterocycles. The summed E-state index contributed by atoms with van der Waals surface area (Å²) in [5, 5.41) is 19.5. The van der Waals surface area contributed by atoms with E-state index in [-0.39, 0.29) is 11.3 Å². The molecule has 1 aromatic carbocycles. The normalized spacial score (nSPS) is 13.6. The number of fused-ring (bicyclic) bond motifs is 1. The van der Waals surface area contributed by atoms with Gasteiger partial charge in [-0.05, 0) is 30.4 Å². The Morgan fingerprint density at radius 2 is 2.13 bits per heavy atom. The Kier molecular flexibility index (Phi) is 2.15. The topological polar surface area (TPSA) is 80.4 Å². The maximum atomic E-state index is 10.9. The van der Waals surface area contributed by atoms with Crippen molar-refractivity contribution in [3.8, 4) is 0 Å². The van der Waals surface area contributed by atoms with Gasteiger partial charge in [-0.1, -0.05) is 0 Å². The van der Waals surface area contributed by atoms with Crippen molar-refractivity contribution in [3.63, 3.8) is 0 Å². The number of carbonyl (C=O) groups is 1. The maximum Gasteiger partial charge on any atom is 0.336 e. The second kappa shape index (κ2) is 3.34. The quantitative estimate of drug-likeness (QED) is 0.592. The van der Waals surface area contributed by atoms with Crippen LogP contribution in [0.15, 0.2) is 12.1 Å². The number of benzene rings is 1. The van der Waals surface area contributed by atoms with Crippen LogP contribution < -0.4 is 0 Å². The van der Waals surface area contributed by atoms with Crippen LogP contribution >= 0.6 is 0 Å². The summed E-state index contributed by atoms with van der Waals surface area (Å²) in [5.41, 5.74) is 1.51. The van der Waals surface area contributed by atoms with Crippen LogP contribution in [0.5, 0.6) is 0 Å². The molecule has 0 saturated carbocycles. The predicted octanol–water partition coefficient (Wildman–Crippen LogP) is 1.78. The Morgan fingerprint density at radius 3 is 2.73 bits per heavy atom. The van der Waals surface area contributed by atoms with Crippen molar-refractivity contribution in [3.05, 3.63) is 38.9 Å². The molecular weight excluding hydrogens is 198 g/mol. The van der Waals surface area contributed by atoms with Gasteiger partial charge in [0, 0.05) is 12.1 Å². The first-order chi connectivity index (χ1) is 7.09. The van der Waals surface area contributed by atoms with E-state index >= 15 is 0 Å². The van der Waals surface area contributed by atoms with E-state index in [1.54, 1.807) is 0 Å². The molecule has 0 spiro atoms. The SMILES string of the molecule is O=C(O)c1cc([N+](=O)[O-])cc2c1CCC2. The zero-order valence-electron chi connectivity index (χ0n) is 7.90. The number of aryl methyl sites for hydroxylation is 1. The molecule has 5 nitrogen and oxygen atoms in total. The summed E-state index contributed by atoms with van der Waals surface area (Å²) in [4.78, 5) is 21.0. The van der Waals surface area contributed by atoms with E-state index in [1.165, 1.54) is 6.07 Å². The van der Waals surface area contributed by atoms with Crippen molar-refractivity contribution in [1.29, 1.82) is 0 Å². The number of carboxylic acid groups (broad SMARTS) is 1. The number of nitro benzene ring substituents is 1. The van der Waals surface area contributed by atoms with Gasteiger partial charge in [0.2, 0.25) is 0 Å². The Morgan fingerprint density at radius 1 is 1.40 bits per heavy atom. The van der Waals surface area contributed by atoms with Crippen LogP contribution in [0.2, 0.25) is 0 Å². The standard InChI is InChI=1S/C10H9NO4/c12-10(13)9-5-7(11(14)15)4-6-2-1-3-8(6)9/h4-5H,1-3H2,(H,12,13). The van der Waals surface area contributed by atoms with Gasteiger partial charge in [-0.25, -0.2) is 4.79 Å². The van der Waals surface area contributed by atoms with Gasteiger partial charge in [-0.2, -0.15) is 0 Å². The smallest absolute Gasteiger partial charge is 0.336 e. The molecule has 0 fully saturated rings. The summed E-state index contributed by atoms with van der Waals surface area (Å²) in [5.74, 6) is -1.09. The Labute approximate surface area is 85.5 Å². The van der Waals surface area contributed by atoms with Gasteiger partial charge in [0.05, 0.1) is 10.5 Å². The average molecular weight is 207 g/mol. The lowest BCUT2D eigenvalue weighted by Gasteiger charge is -2.03. The average Bonchev–Trinajstić information content (AvgIpc) is 2.62. The number of carboxylic acids is 1. The third-order valence-corrected chi connectivity index (χ3v) is 2.64. The number of hydrogen-bond donors (Lipinski definition) is 1. The van der Waals surface area contributed by atoms with Crippen LogP contribution in [0.1, 0.15) is 27.9 Å². The summed E-state index contributed by atoms with van der Waals surface area (Å²) in [6.07, 6.45) is 2.31. The summed E-state index contributed by atoms with van der Waals surface area (Å²) in [6, 6.07) is 2.63. The van der Waals surface area contributed by atoms with Crippen molar-refractivity contribution in [2.24, 2.45) is 0 Å². The van der Waals surface area contributed by atoms with Crippen LogP contribution in [-0.4, -0.2) is 16.0 Å². The number of aromatic carboxylic acids is 1. The first kappa shape index (κ1) is 9.64. The van der Waals surface area contributed by atoms with Crippen LogP contribution in [0.4, 0.5) is 5.69 Å². The van der Waals surface area contributed by atoms with Gasteiger partial charge in [0.25, 0.3) is 5.69 Å². The minimum absolute atomic E-state index is 0.0803. The lowest BCUT2D eigenvalue weighted by molar-refractivity contribution is -0.384. The number of nitrogens with zero attached hydrogens (tertiary/aromatic N) is 1. The number of nitro groups is 1.